The maximum absolute atomic E-state index is 12.1. The average Bonchev–Trinajstić information content (AvgIpc) is 2.43. The van der Waals surface area contributed by atoms with E-state index in [1.54, 1.807) is 24.3 Å². The molecule has 0 aliphatic rings. The molecular weight excluding hydrogens is 284 g/mol. The number of benzene rings is 1. The van der Waals surface area contributed by atoms with Gasteiger partial charge in [0, 0.05) is 18.2 Å². The van der Waals surface area contributed by atoms with Gasteiger partial charge >= 0.3 is 5.97 Å². The van der Waals surface area contributed by atoms with Crippen LogP contribution in [0.1, 0.15) is 38.1 Å². The number of methoxy groups -OCH3 is 1. The van der Waals surface area contributed by atoms with E-state index in [1.165, 1.54) is 18.9 Å². The van der Waals surface area contributed by atoms with Crippen LogP contribution in [0.25, 0.3) is 0 Å². The van der Waals surface area contributed by atoms with Crippen LogP contribution in [-0.4, -0.2) is 41.9 Å². The molecule has 0 aliphatic heterocycles. The quantitative estimate of drug-likeness (QED) is 0.864. The van der Waals surface area contributed by atoms with Gasteiger partial charge in [-0.15, -0.1) is 0 Å². The highest BCUT2D eigenvalue weighted by molar-refractivity contribution is 5.95. The summed E-state index contributed by atoms with van der Waals surface area (Å²) in [6.45, 7) is 7.01. The molecule has 0 unspecified atom stereocenters. The van der Waals surface area contributed by atoms with Gasteiger partial charge in [-0.25, -0.2) is 4.79 Å². The summed E-state index contributed by atoms with van der Waals surface area (Å²) in [4.78, 5) is 36.5. The Morgan fingerprint density at radius 3 is 2.09 bits per heavy atom. The number of nitrogens with zero attached hydrogens (tertiary/aromatic N) is 1. The highest BCUT2D eigenvalue weighted by Crippen LogP contribution is 2.14. The minimum Gasteiger partial charge on any atom is -0.465 e. The zero-order valence-corrected chi connectivity index (χ0v) is 13.6. The third kappa shape index (κ3) is 4.87. The molecule has 120 valence electrons. The van der Waals surface area contributed by atoms with Crippen LogP contribution in [0.5, 0.6) is 0 Å². The van der Waals surface area contributed by atoms with E-state index in [0.29, 0.717) is 11.3 Å². The summed E-state index contributed by atoms with van der Waals surface area (Å²) in [7, 11) is 1.31. The lowest BCUT2D eigenvalue weighted by Gasteiger charge is -2.34. The van der Waals surface area contributed by atoms with Crippen molar-refractivity contribution in [2.24, 2.45) is 0 Å². The summed E-state index contributed by atoms with van der Waals surface area (Å²) in [5.74, 6) is -0.895. The lowest BCUT2D eigenvalue weighted by molar-refractivity contribution is -0.137. The van der Waals surface area contributed by atoms with Crippen LogP contribution in [-0.2, 0) is 14.3 Å². The van der Waals surface area contributed by atoms with Gasteiger partial charge in [-0.1, -0.05) is 0 Å². The molecule has 0 bridgehead atoms. The molecule has 0 heterocycles. The first kappa shape index (κ1) is 17.7. The molecule has 0 atom stereocenters. The summed E-state index contributed by atoms with van der Waals surface area (Å²) in [6.07, 6.45) is 0. The van der Waals surface area contributed by atoms with E-state index < -0.39 is 11.5 Å². The van der Waals surface area contributed by atoms with Crippen molar-refractivity contribution in [2.45, 2.75) is 33.2 Å². The lowest BCUT2D eigenvalue weighted by atomic mass is 10.1. The Morgan fingerprint density at radius 1 is 1.14 bits per heavy atom. The highest BCUT2D eigenvalue weighted by Gasteiger charge is 2.25. The molecule has 0 saturated carbocycles. The number of hydrogen-bond donors (Lipinski definition) is 1. The van der Waals surface area contributed by atoms with Gasteiger partial charge in [0.1, 0.15) is 6.54 Å². The van der Waals surface area contributed by atoms with Gasteiger partial charge in [0.25, 0.3) is 0 Å². The van der Waals surface area contributed by atoms with Crippen LogP contribution in [0.2, 0.25) is 0 Å². The number of esters is 1. The molecule has 0 aromatic heterocycles. The monoisotopic (exact) mass is 306 g/mol. The molecule has 1 aromatic carbocycles. The summed E-state index contributed by atoms with van der Waals surface area (Å²) >= 11 is 0. The van der Waals surface area contributed by atoms with Crippen LogP contribution in [0, 0.1) is 0 Å². The zero-order valence-electron chi connectivity index (χ0n) is 13.6. The first-order valence-electron chi connectivity index (χ1n) is 6.91. The normalized spacial score (nSPS) is 10.8. The Hall–Kier alpha value is -2.37. The lowest BCUT2D eigenvalue weighted by Crippen LogP contribution is -2.48. The standard InChI is InChI=1S/C16H22N2O4/c1-11(19)18(16(2,3)4)10-14(20)17-13-8-6-12(7-9-13)15(21)22-5/h6-9H,10H2,1-5H3,(H,17,20). The molecular formula is C16H22N2O4. The van der Waals surface area contributed by atoms with Gasteiger partial charge in [0.2, 0.25) is 11.8 Å². The molecule has 22 heavy (non-hydrogen) atoms. The molecule has 6 heteroatoms. The number of carbonyl (C=O) groups excluding carboxylic acids is 3. The van der Waals surface area contributed by atoms with E-state index in [-0.39, 0.29) is 18.4 Å². The molecule has 0 saturated heterocycles. The largest absolute Gasteiger partial charge is 0.465 e. The fourth-order valence-corrected chi connectivity index (χ4v) is 1.97. The number of rotatable bonds is 4. The van der Waals surface area contributed by atoms with Crippen molar-refractivity contribution in [3.8, 4) is 0 Å². The summed E-state index contributed by atoms with van der Waals surface area (Å²) in [6, 6.07) is 6.35. The average molecular weight is 306 g/mol. The number of hydrogen-bond acceptors (Lipinski definition) is 4. The smallest absolute Gasteiger partial charge is 0.337 e. The molecule has 0 spiro atoms. The first-order valence-corrected chi connectivity index (χ1v) is 6.91. The zero-order chi connectivity index (χ0) is 16.9. The van der Waals surface area contributed by atoms with Gasteiger partial charge < -0.3 is 15.0 Å². The molecule has 0 aliphatic carbocycles. The summed E-state index contributed by atoms with van der Waals surface area (Å²) in [5, 5.41) is 2.70. The number of nitrogens with one attached hydrogen (secondary N) is 1. The highest BCUT2D eigenvalue weighted by atomic mass is 16.5. The van der Waals surface area contributed by atoms with Crippen molar-refractivity contribution in [1.82, 2.24) is 4.90 Å². The summed E-state index contributed by atoms with van der Waals surface area (Å²) in [5.41, 5.74) is 0.522. The second kappa shape index (κ2) is 7.06. The third-order valence-electron chi connectivity index (χ3n) is 3.08. The molecule has 6 nitrogen and oxygen atoms in total. The van der Waals surface area contributed by atoms with Gasteiger partial charge in [0.05, 0.1) is 12.7 Å². The minimum absolute atomic E-state index is 0.0302. The van der Waals surface area contributed by atoms with Gasteiger partial charge in [-0.3, -0.25) is 9.59 Å². The predicted octanol–water partition coefficient (Wildman–Crippen LogP) is 2.06. The van der Waals surface area contributed by atoms with Crippen molar-refractivity contribution in [3.05, 3.63) is 29.8 Å². The predicted molar refractivity (Wildman–Crippen MR) is 83.6 cm³/mol. The number of anilines is 1. The van der Waals surface area contributed by atoms with Gasteiger partial charge in [-0.05, 0) is 45.0 Å². The fraction of sp³-hybridized carbons (Fsp3) is 0.438. The fourth-order valence-electron chi connectivity index (χ4n) is 1.97. The van der Waals surface area contributed by atoms with E-state index >= 15 is 0 Å². The molecule has 1 N–H and O–H groups in total. The Labute approximate surface area is 130 Å². The Bertz CT molecular complexity index is 559. The van der Waals surface area contributed by atoms with Crippen molar-refractivity contribution >= 4 is 23.5 Å². The maximum Gasteiger partial charge on any atom is 0.337 e. The minimum atomic E-state index is -0.437. The first-order chi connectivity index (χ1) is 10.1. The molecule has 0 fully saturated rings. The molecule has 1 aromatic rings. The van der Waals surface area contributed by atoms with Crippen LogP contribution in [0.15, 0.2) is 24.3 Å². The third-order valence-corrected chi connectivity index (χ3v) is 3.08. The van der Waals surface area contributed by atoms with E-state index in [1.807, 2.05) is 20.8 Å². The summed E-state index contributed by atoms with van der Waals surface area (Å²) < 4.78 is 4.60. The SMILES string of the molecule is COC(=O)c1ccc(NC(=O)CN(C(C)=O)C(C)(C)C)cc1. The Kier molecular flexibility index (Phi) is 5.68. The van der Waals surface area contributed by atoms with E-state index in [9.17, 15) is 14.4 Å². The van der Waals surface area contributed by atoms with E-state index in [0.717, 1.165) is 0 Å². The molecule has 2 amide bonds. The second-order valence-corrected chi connectivity index (χ2v) is 5.89. The molecule has 0 radical (unpaired) electrons. The van der Waals surface area contributed by atoms with Crippen molar-refractivity contribution < 1.29 is 19.1 Å². The van der Waals surface area contributed by atoms with Gasteiger partial charge in [0.15, 0.2) is 0 Å². The number of carbonyl (C=O) groups is 3. The van der Waals surface area contributed by atoms with Crippen molar-refractivity contribution in [1.29, 1.82) is 0 Å². The van der Waals surface area contributed by atoms with Crippen LogP contribution in [0.4, 0.5) is 5.69 Å². The van der Waals surface area contributed by atoms with Crippen molar-refractivity contribution in [3.63, 3.8) is 0 Å². The van der Waals surface area contributed by atoms with Crippen LogP contribution >= 0.6 is 0 Å². The van der Waals surface area contributed by atoms with Gasteiger partial charge in [-0.2, -0.15) is 0 Å². The molecule has 1 rings (SSSR count). The maximum atomic E-state index is 12.1. The van der Waals surface area contributed by atoms with E-state index in [2.05, 4.69) is 10.1 Å². The van der Waals surface area contributed by atoms with Crippen LogP contribution < -0.4 is 5.32 Å². The number of amides is 2. The Morgan fingerprint density at radius 2 is 1.68 bits per heavy atom. The number of ether oxygens (including phenoxy) is 1. The Balaban J connectivity index is 2.72. The second-order valence-electron chi connectivity index (χ2n) is 5.89. The van der Waals surface area contributed by atoms with Crippen LogP contribution in [0.3, 0.4) is 0 Å². The topological polar surface area (TPSA) is 75.7 Å². The van der Waals surface area contributed by atoms with E-state index in [4.69, 9.17) is 0 Å². The van der Waals surface area contributed by atoms with Crippen molar-refractivity contribution in [2.75, 3.05) is 19.0 Å².